The van der Waals surface area contributed by atoms with Gasteiger partial charge in [-0.2, -0.15) is 0 Å². The average Bonchev–Trinajstić information content (AvgIpc) is 2.71. The number of carbonyl (C=O) groups excluding carboxylic acids is 2. The molecule has 1 heterocycles. The van der Waals surface area contributed by atoms with Crippen molar-refractivity contribution in [1.29, 1.82) is 0 Å². The zero-order valence-electron chi connectivity index (χ0n) is 14.3. The second-order valence-electron chi connectivity index (χ2n) is 6.70. The summed E-state index contributed by atoms with van der Waals surface area (Å²) in [5.74, 6) is -0.813. The van der Waals surface area contributed by atoms with Crippen LogP contribution >= 0.6 is 0 Å². The molecule has 0 radical (unpaired) electrons. The van der Waals surface area contributed by atoms with Crippen LogP contribution < -0.4 is 0 Å². The summed E-state index contributed by atoms with van der Waals surface area (Å²) in [4.78, 5) is 39.0. The summed E-state index contributed by atoms with van der Waals surface area (Å²) in [7, 11) is 1.46. The third-order valence-corrected chi connectivity index (χ3v) is 3.92. The summed E-state index contributed by atoms with van der Waals surface area (Å²) in [5, 5.41) is 9.57. The number of hydrogen-bond donors (Lipinski definition) is 1. The lowest BCUT2D eigenvalue weighted by molar-refractivity contribution is 0.0190. The summed E-state index contributed by atoms with van der Waals surface area (Å²) in [6.07, 6.45) is -1.12. The van der Waals surface area contributed by atoms with Gasteiger partial charge in [-0.05, 0) is 32.9 Å². The molecule has 3 amide bonds. The largest absolute Gasteiger partial charge is 0.465 e. The van der Waals surface area contributed by atoms with Gasteiger partial charge in [0, 0.05) is 12.6 Å². The molecule has 0 fully saturated rings. The van der Waals surface area contributed by atoms with Gasteiger partial charge < -0.3 is 9.84 Å². The summed E-state index contributed by atoms with van der Waals surface area (Å²) in [6, 6.07) is 5.92. The van der Waals surface area contributed by atoms with E-state index < -0.39 is 29.5 Å². The molecule has 130 valence electrons. The van der Waals surface area contributed by atoms with Crippen LogP contribution in [0.3, 0.4) is 0 Å². The van der Waals surface area contributed by atoms with E-state index in [0.717, 1.165) is 4.90 Å². The van der Waals surface area contributed by atoms with E-state index >= 15 is 0 Å². The van der Waals surface area contributed by atoms with Crippen LogP contribution in [-0.4, -0.2) is 64.7 Å². The summed E-state index contributed by atoms with van der Waals surface area (Å²) >= 11 is 0. The molecule has 0 saturated heterocycles. The van der Waals surface area contributed by atoms with Crippen molar-refractivity contribution in [3.63, 3.8) is 0 Å². The molecule has 1 atom stereocenters. The maximum atomic E-state index is 12.5. The highest BCUT2D eigenvalue weighted by Crippen LogP contribution is 2.25. The van der Waals surface area contributed by atoms with Crippen molar-refractivity contribution in [3.05, 3.63) is 35.4 Å². The number of rotatable bonds is 5. The van der Waals surface area contributed by atoms with E-state index in [-0.39, 0.29) is 13.2 Å². The molecular formula is C17H22N2O5. The molecule has 7 heteroatoms. The number of carboxylic acid groups (broad SMARTS) is 1. The first kappa shape index (κ1) is 17.9. The molecular weight excluding hydrogens is 312 g/mol. The van der Waals surface area contributed by atoms with Crippen molar-refractivity contribution >= 4 is 17.9 Å². The van der Waals surface area contributed by atoms with Crippen LogP contribution in [0.5, 0.6) is 0 Å². The Morgan fingerprint density at radius 3 is 2.08 bits per heavy atom. The van der Waals surface area contributed by atoms with Crippen LogP contribution in [0.2, 0.25) is 0 Å². The Morgan fingerprint density at radius 1 is 1.21 bits per heavy atom. The number of imide groups is 1. The van der Waals surface area contributed by atoms with Crippen LogP contribution in [0, 0.1) is 0 Å². The van der Waals surface area contributed by atoms with Gasteiger partial charge in [-0.1, -0.05) is 12.1 Å². The number of methoxy groups -OCH3 is 1. The van der Waals surface area contributed by atoms with Gasteiger partial charge in [0.25, 0.3) is 11.8 Å². The van der Waals surface area contributed by atoms with Crippen LogP contribution in [0.1, 0.15) is 41.5 Å². The maximum absolute atomic E-state index is 12.5. The Kier molecular flexibility index (Phi) is 4.94. The van der Waals surface area contributed by atoms with Gasteiger partial charge in [0.05, 0.1) is 30.3 Å². The van der Waals surface area contributed by atoms with Crippen molar-refractivity contribution in [2.75, 3.05) is 20.3 Å². The minimum Gasteiger partial charge on any atom is -0.465 e. The summed E-state index contributed by atoms with van der Waals surface area (Å²) in [6.45, 7) is 5.30. The second-order valence-corrected chi connectivity index (χ2v) is 6.70. The molecule has 1 aromatic rings. The van der Waals surface area contributed by atoms with Gasteiger partial charge in [0.2, 0.25) is 0 Å². The van der Waals surface area contributed by atoms with Crippen molar-refractivity contribution in [2.24, 2.45) is 0 Å². The zero-order chi connectivity index (χ0) is 18.1. The normalized spacial score (nSPS) is 15.4. The van der Waals surface area contributed by atoms with E-state index in [9.17, 15) is 19.5 Å². The molecule has 0 spiro atoms. The van der Waals surface area contributed by atoms with Crippen LogP contribution in [0.4, 0.5) is 4.79 Å². The predicted octanol–water partition coefficient (Wildman–Crippen LogP) is 2.08. The van der Waals surface area contributed by atoms with Crippen LogP contribution in [0.15, 0.2) is 24.3 Å². The lowest BCUT2D eigenvalue weighted by Gasteiger charge is -2.40. The fraction of sp³-hybridized carbons (Fsp3) is 0.471. The first-order valence-corrected chi connectivity index (χ1v) is 7.65. The van der Waals surface area contributed by atoms with Gasteiger partial charge in [-0.15, -0.1) is 0 Å². The number of benzene rings is 1. The molecule has 7 nitrogen and oxygen atoms in total. The highest BCUT2D eigenvalue weighted by molar-refractivity contribution is 6.21. The molecule has 0 aliphatic carbocycles. The zero-order valence-corrected chi connectivity index (χ0v) is 14.3. The number of amides is 3. The molecule has 0 saturated carbocycles. The van der Waals surface area contributed by atoms with Crippen molar-refractivity contribution in [1.82, 2.24) is 9.80 Å². The number of carbonyl (C=O) groups is 3. The molecule has 24 heavy (non-hydrogen) atoms. The topological polar surface area (TPSA) is 87.2 Å². The van der Waals surface area contributed by atoms with Crippen molar-refractivity contribution < 1.29 is 24.2 Å². The minimum atomic E-state index is -1.12. The van der Waals surface area contributed by atoms with Gasteiger partial charge >= 0.3 is 6.09 Å². The van der Waals surface area contributed by atoms with Crippen molar-refractivity contribution in [3.8, 4) is 0 Å². The fourth-order valence-electron chi connectivity index (χ4n) is 3.01. The molecule has 0 aromatic heterocycles. The Balaban J connectivity index is 2.31. The van der Waals surface area contributed by atoms with Crippen molar-refractivity contribution in [2.45, 2.75) is 32.4 Å². The Morgan fingerprint density at radius 2 is 1.71 bits per heavy atom. The first-order chi connectivity index (χ1) is 11.2. The second kappa shape index (κ2) is 6.60. The molecule has 0 bridgehead atoms. The Bertz CT molecular complexity index is 630. The number of ether oxygens (including phenoxy) is 1. The molecule has 1 aliphatic rings. The first-order valence-electron chi connectivity index (χ1n) is 7.65. The van der Waals surface area contributed by atoms with Gasteiger partial charge in [-0.25, -0.2) is 4.79 Å². The van der Waals surface area contributed by atoms with E-state index in [0.29, 0.717) is 11.1 Å². The standard InChI is InChI=1S/C17H22N2O5/c1-17(2,3)19(16(22)23)11(10-24-4)9-18-14(20)12-7-5-6-8-13(12)15(18)21/h5-8,11H,9-10H2,1-4H3,(H,22,23). The number of fused-ring (bicyclic) bond motifs is 1. The van der Waals surface area contributed by atoms with E-state index in [2.05, 4.69) is 0 Å². The lowest BCUT2D eigenvalue weighted by Crippen LogP contribution is -2.57. The third-order valence-electron chi connectivity index (χ3n) is 3.92. The quantitative estimate of drug-likeness (QED) is 0.833. The SMILES string of the molecule is COCC(CN1C(=O)c2ccccc2C1=O)N(C(=O)O)C(C)(C)C. The highest BCUT2D eigenvalue weighted by atomic mass is 16.5. The van der Waals surface area contributed by atoms with Gasteiger partial charge in [0.1, 0.15) is 0 Å². The summed E-state index contributed by atoms with van der Waals surface area (Å²) < 4.78 is 5.13. The smallest absolute Gasteiger partial charge is 0.408 e. The minimum absolute atomic E-state index is 0.0518. The lowest BCUT2D eigenvalue weighted by atomic mass is 10.0. The van der Waals surface area contributed by atoms with E-state index in [1.54, 1.807) is 45.0 Å². The summed E-state index contributed by atoms with van der Waals surface area (Å²) in [5.41, 5.74) is -0.0131. The molecule has 1 N–H and O–H groups in total. The van der Waals surface area contributed by atoms with Gasteiger partial charge in [-0.3, -0.25) is 19.4 Å². The Hall–Kier alpha value is -2.41. The number of hydrogen-bond acceptors (Lipinski definition) is 4. The highest BCUT2D eigenvalue weighted by Gasteiger charge is 2.40. The van der Waals surface area contributed by atoms with Gasteiger partial charge in [0.15, 0.2) is 0 Å². The molecule has 1 aromatic carbocycles. The molecule has 2 rings (SSSR count). The molecule has 1 aliphatic heterocycles. The fourth-order valence-corrected chi connectivity index (χ4v) is 3.01. The monoisotopic (exact) mass is 334 g/mol. The van der Waals surface area contributed by atoms with E-state index in [1.165, 1.54) is 12.0 Å². The third kappa shape index (κ3) is 3.26. The van der Waals surface area contributed by atoms with E-state index in [1.807, 2.05) is 0 Å². The predicted molar refractivity (Wildman–Crippen MR) is 87.1 cm³/mol. The van der Waals surface area contributed by atoms with E-state index in [4.69, 9.17) is 4.74 Å². The average molecular weight is 334 g/mol. The molecule has 1 unspecified atom stereocenters. The maximum Gasteiger partial charge on any atom is 0.408 e. The van der Waals surface area contributed by atoms with Crippen LogP contribution in [-0.2, 0) is 4.74 Å². The van der Waals surface area contributed by atoms with Crippen LogP contribution in [0.25, 0.3) is 0 Å². The number of nitrogens with zero attached hydrogens (tertiary/aromatic N) is 2. The Labute approximate surface area is 140 Å².